The van der Waals surface area contributed by atoms with Crippen molar-refractivity contribution in [2.24, 2.45) is 11.7 Å². The zero-order chi connectivity index (χ0) is 10.7. The molecule has 0 bridgehead atoms. The molecule has 1 fully saturated rings. The predicted molar refractivity (Wildman–Crippen MR) is 50.6 cm³/mol. The summed E-state index contributed by atoms with van der Waals surface area (Å²) in [4.78, 5) is 23.2. The van der Waals surface area contributed by atoms with E-state index in [1.165, 1.54) is 0 Å². The Morgan fingerprint density at radius 1 is 1.57 bits per heavy atom. The maximum atomic E-state index is 10.8. The van der Waals surface area contributed by atoms with Gasteiger partial charge in [0.05, 0.1) is 6.54 Å². The van der Waals surface area contributed by atoms with E-state index < -0.39 is 5.97 Å². The lowest BCUT2D eigenvalue weighted by molar-refractivity contribution is -0.139. The van der Waals surface area contributed by atoms with Crippen LogP contribution in [0.2, 0.25) is 0 Å². The molecule has 1 saturated carbocycles. The first-order chi connectivity index (χ1) is 6.50. The van der Waals surface area contributed by atoms with E-state index >= 15 is 0 Å². The summed E-state index contributed by atoms with van der Waals surface area (Å²) < 4.78 is 0. The van der Waals surface area contributed by atoms with Crippen LogP contribution in [0.4, 0.5) is 0 Å². The number of primary amides is 1. The zero-order valence-electron chi connectivity index (χ0n) is 8.27. The van der Waals surface area contributed by atoms with Crippen molar-refractivity contribution < 1.29 is 14.7 Å². The number of hydrogen-bond donors (Lipinski definition) is 2. The second-order valence-corrected chi connectivity index (χ2v) is 3.86. The highest BCUT2D eigenvalue weighted by Crippen LogP contribution is 2.27. The third-order valence-corrected chi connectivity index (χ3v) is 2.40. The van der Waals surface area contributed by atoms with Gasteiger partial charge < -0.3 is 10.8 Å². The standard InChI is InChI=1S/C9H16N2O3/c1-6(9(10)14)4-11(5-8(12)13)7-2-3-7/h6-7H,2-5H2,1H3,(H2,10,14)(H,12,13). The molecule has 1 aliphatic rings. The second kappa shape index (κ2) is 4.41. The molecule has 0 heterocycles. The van der Waals surface area contributed by atoms with Gasteiger partial charge in [0, 0.05) is 18.5 Å². The fourth-order valence-electron chi connectivity index (χ4n) is 1.40. The van der Waals surface area contributed by atoms with Gasteiger partial charge in [-0.25, -0.2) is 0 Å². The highest BCUT2D eigenvalue weighted by Gasteiger charge is 2.31. The van der Waals surface area contributed by atoms with Crippen LogP contribution >= 0.6 is 0 Å². The molecule has 3 N–H and O–H groups in total. The molecule has 0 spiro atoms. The lowest BCUT2D eigenvalue weighted by Gasteiger charge is -2.21. The zero-order valence-corrected chi connectivity index (χ0v) is 8.27. The first-order valence-electron chi connectivity index (χ1n) is 4.76. The molecule has 14 heavy (non-hydrogen) atoms. The quantitative estimate of drug-likeness (QED) is 0.614. The summed E-state index contributed by atoms with van der Waals surface area (Å²) >= 11 is 0. The van der Waals surface area contributed by atoms with Crippen molar-refractivity contribution in [3.63, 3.8) is 0 Å². The molecule has 0 aromatic heterocycles. The second-order valence-electron chi connectivity index (χ2n) is 3.86. The van der Waals surface area contributed by atoms with E-state index in [2.05, 4.69) is 0 Å². The maximum Gasteiger partial charge on any atom is 0.317 e. The molecule has 80 valence electrons. The van der Waals surface area contributed by atoms with E-state index in [0.717, 1.165) is 12.8 Å². The number of carboxylic acids is 1. The third-order valence-electron chi connectivity index (χ3n) is 2.40. The molecular weight excluding hydrogens is 184 g/mol. The number of aliphatic carboxylic acids is 1. The highest BCUT2D eigenvalue weighted by atomic mass is 16.4. The number of carboxylic acid groups (broad SMARTS) is 1. The van der Waals surface area contributed by atoms with Gasteiger partial charge in [0.15, 0.2) is 0 Å². The average Bonchev–Trinajstić information content (AvgIpc) is 2.83. The smallest absolute Gasteiger partial charge is 0.317 e. The number of hydrogen-bond acceptors (Lipinski definition) is 3. The van der Waals surface area contributed by atoms with Crippen molar-refractivity contribution in [2.75, 3.05) is 13.1 Å². The van der Waals surface area contributed by atoms with E-state index in [4.69, 9.17) is 10.8 Å². The van der Waals surface area contributed by atoms with E-state index in [-0.39, 0.29) is 18.4 Å². The van der Waals surface area contributed by atoms with Gasteiger partial charge in [0.2, 0.25) is 5.91 Å². The molecule has 1 atom stereocenters. The van der Waals surface area contributed by atoms with Gasteiger partial charge in [-0.3, -0.25) is 14.5 Å². The normalized spacial score (nSPS) is 18.1. The molecule has 1 aliphatic carbocycles. The van der Waals surface area contributed by atoms with Crippen molar-refractivity contribution in [2.45, 2.75) is 25.8 Å². The first kappa shape index (κ1) is 11.0. The largest absolute Gasteiger partial charge is 0.480 e. The summed E-state index contributed by atoms with van der Waals surface area (Å²) in [6.45, 7) is 2.17. The highest BCUT2D eigenvalue weighted by molar-refractivity contribution is 5.76. The SMILES string of the molecule is CC(CN(CC(=O)O)C1CC1)C(N)=O. The molecule has 1 rings (SSSR count). The average molecular weight is 200 g/mol. The number of nitrogens with two attached hydrogens (primary N) is 1. The van der Waals surface area contributed by atoms with Crippen molar-refractivity contribution in [3.8, 4) is 0 Å². The molecule has 5 nitrogen and oxygen atoms in total. The molecule has 0 radical (unpaired) electrons. The molecule has 0 aromatic rings. The van der Waals surface area contributed by atoms with Gasteiger partial charge in [-0.15, -0.1) is 0 Å². The number of carbonyl (C=O) groups excluding carboxylic acids is 1. The van der Waals surface area contributed by atoms with Crippen LogP contribution in [0.3, 0.4) is 0 Å². The minimum Gasteiger partial charge on any atom is -0.480 e. The van der Waals surface area contributed by atoms with Gasteiger partial charge in [0.1, 0.15) is 0 Å². The molecule has 0 aromatic carbocycles. The fraction of sp³-hybridized carbons (Fsp3) is 0.778. The summed E-state index contributed by atoms with van der Waals surface area (Å²) in [6, 6.07) is 0.341. The summed E-state index contributed by atoms with van der Waals surface area (Å²) in [5.41, 5.74) is 5.12. The van der Waals surface area contributed by atoms with Crippen molar-refractivity contribution in [3.05, 3.63) is 0 Å². The lowest BCUT2D eigenvalue weighted by atomic mass is 10.1. The van der Waals surface area contributed by atoms with E-state index in [1.54, 1.807) is 6.92 Å². The monoisotopic (exact) mass is 200 g/mol. The van der Waals surface area contributed by atoms with E-state index in [0.29, 0.717) is 12.6 Å². The van der Waals surface area contributed by atoms with E-state index in [9.17, 15) is 9.59 Å². The maximum absolute atomic E-state index is 10.8. The topological polar surface area (TPSA) is 83.6 Å². The number of nitrogens with zero attached hydrogens (tertiary/aromatic N) is 1. The van der Waals surface area contributed by atoms with Gasteiger partial charge in [-0.05, 0) is 12.8 Å². The van der Waals surface area contributed by atoms with Crippen molar-refractivity contribution in [1.82, 2.24) is 4.90 Å². The molecule has 0 aliphatic heterocycles. The number of carbonyl (C=O) groups is 2. The fourth-order valence-corrected chi connectivity index (χ4v) is 1.40. The van der Waals surface area contributed by atoms with Crippen LogP contribution in [0.25, 0.3) is 0 Å². The van der Waals surface area contributed by atoms with Crippen molar-refractivity contribution in [1.29, 1.82) is 0 Å². The molecule has 0 saturated heterocycles. The minimum atomic E-state index is -0.853. The Hall–Kier alpha value is -1.10. The number of rotatable bonds is 6. The Morgan fingerprint density at radius 2 is 2.14 bits per heavy atom. The van der Waals surface area contributed by atoms with Crippen LogP contribution in [-0.4, -0.2) is 41.0 Å². The Morgan fingerprint density at radius 3 is 2.50 bits per heavy atom. The van der Waals surface area contributed by atoms with Gasteiger partial charge in [-0.1, -0.05) is 6.92 Å². The van der Waals surface area contributed by atoms with Gasteiger partial charge >= 0.3 is 5.97 Å². The Labute approximate surface area is 82.9 Å². The minimum absolute atomic E-state index is 0.00227. The van der Waals surface area contributed by atoms with Gasteiger partial charge in [0.25, 0.3) is 0 Å². The van der Waals surface area contributed by atoms with Crippen LogP contribution < -0.4 is 5.73 Å². The lowest BCUT2D eigenvalue weighted by Crippen LogP contribution is -2.39. The number of amides is 1. The van der Waals surface area contributed by atoms with Crippen LogP contribution in [0.5, 0.6) is 0 Å². The van der Waals surface area contributed by atoms with E-state index in [1.807, 2.05) is 4.90 Å². The summed E-state index contributed by atoms with van der Waals surface area (Å²) in [7, 11) is 0. The molecule has 1 unspecified atom stereocenters. The molecule has 5 heteroatoms. The van der Waals surface area contributed by atoms with Crippen LogP contribution in [0.1, 0.15) is 19.8 Å². The molecule has 1 amide bonds. The first-order valence-corrected chi connectivity index (χ1v) is 4.76. The molecular formula is C9H16N2O3. The van der Waals surface area contributed by atoms with Crippen LogP contribution in [0, 0.1) is 5.92 Å². The predicted octanol–water partition coefficient (Wildman–Crippen LogP) is -0.343. The third kappa shape index (κ3) is 3.33. The van der Waals surface area contributed by atoms with Crippen LogP contribution in [0.15, 0.2) is 0 Å². The summed E-state index contributed by atoms with van der Waals surface area (Å²) in [5, 5.41) is 8.65. The summed E-state index contributed by atoms with van der Waals surface area (Å²) in [6.07, 6.45) is 2.05. The van der Waals surface area contributed by atoms with Crippen LogP contribution in [-0.2, 0) is 9.59 Å². The Balaban J connectivity index is 2.42. The van der Waals surface area contributed by atoms with Crippen molar-refractivity contribution >= 4 is 11.9 Å². The Bertz CT molecular complexity index is 238. The Kier molecular flexibility index (Phi) is 3.46. The summed E-state index contributed by atoms with van der Waals surface area (Å²) in [5.74, 6) is -1.51. The van der Waals surface area contributed by atoms with Gasteiger partial charge in [-0.2, -0.15) is 0 Å².